The number of hydrogen-bond donors (Lipinski definition) is 1. The molecule has 4 heteroatoms. The molecule has 1 aliphatic heterocycles. The van der Waals surface area contributed by atoms with Crippen LogP contribution < -0.4 is 5.73 Å². The first kappa shape index (κ1) is 14.4. The quantitative estimate of drug-likeness (QED) is 0.918. The maximum absolute atomic E-state index is 12.4. The Hall–Kier alpha value is -1.03. The van der Waals surface area contributed by atoms with Gasteiger partial charge >= 0.3 is 0 Å². The Morgan fingerprint density at radius 3 is 2.37 bits per heavy atom. The minimum absolute atomic E-state index is 0.158. The SMILES string of the molecule is CCC1(CC)CCN(C(=O)c2cc(N)c(C)s2)CC1. The van der Waals surface area contributed by atoms with E-state index in [1.165, 1.54) is 24.2 Å². The summed E-state index contributed by atoms with van der Waals surface area (Å²) in [6.07, 6.45) is 4.70. The number of amides is 1. The van der Waals surface area contributed by atoms with E-state index in [1.54, 1.807) is 0 Å². The topological polar surface area (TPSA) is 46.3 Å². The number of thiophene rings is 1. The minimum Gasteiger partial charge on any atom is -0.398 e. The van der Waals surface area contributed by atoms with Gasteiger partial charge in [-0.05, 0) is 31.2 Å². The molecule has 2 heterocycles. The molecule has 1 aromatic heterocycles. The van der Waals surface area contributed by atoms with Crippen molar-refractivity contribution in [2.45, 2.75) is 46.5 Å². The van der Waals surface area contributed by atoms with Crippen molar-refractivity contribution in [2.75, 3.05) is 18.8 Å². The molecule has 0 spiro atoms. The van der Waals surface area contributed by atoms with Crippen molar-refractivity contribution in [3.05, 3.63) is 15.8 Å². The summed E-state index contributed by atoms with van der Waals surface area (Å²) in [5, 5.41) is 0. The number of nitrogens with zero attached hydrogens (tertiary/aromatic N) is 1. The largest absolute Gasteiger partial charge is 0.398 e. The van der Waals surface area contributed by atoms with Crippen LogP contribution in [0, 0.1) is 12.3 Å². The Morgan fingerprint density at radius 2 is 1.95 bits per heavy atom. The summed E-state index contributed by atoms with van der Waals surface area (Å²) in [6, 6.07) is 1.82. The van der Waals surface area contributed by atoms with Gasteiger partial charge in [-0.25, -0.2) is 0 Å². The molecule has 0 saturated carbocycles. The monoisotopic (exact) mass is 280 g/mol. The van der Waals surface area contributed by atoms with Gasteiger partial charge in [0, 0.05) is 23.7 Å². The second-order valence-corrected chi connectivity index (χ2v) is 6.88. The van der Waals surface area contributed by atoms with Gasteiger partial charge in [0.15, 0.2) is 0 Å². The summed E-state index contributed by atoms with van der Waals surface area (Å²) in [6.45, 7) is 8.27. The van der Waals surface area contributed by atoms with E-state index < -0.39 is 0 Å². The fourth-order valence-corrected chi connectivity index (χ4v) is 3.81. The van der Waals surface area contributed by atoms with Gasteiger partial charge in [0.05, 0.1) is 4.88 Å². The fraction of sp³-hybridized carbons (Fsp3) is 0.667. The van der Waals surface area contributed by atoms with Crippen LogP contribution in [0.25, 0.3) is 0 Å². The minimum atomic E-state index is 0.158. The summed E-state index contributed by atoms with van der Waals surface area (Å²) >= 11 is 1.51. The molecular formula is C15H24N2OS. The summed E-state index contributed by atoms with van der Waals surface area (Å²) in [5.74, 6) is 0.158. The van der Waals surface area contributed by atoms with Gasteiger partial charge in [-0.2, -0.15) is 0 Å². The Kier molecular flexibility index (Phi) is 4.19. The van der Waals surface area contributed by atoms with E-state index in [9.17, 15) is 4.79 Å². The molecule has 106 valence electrons. The molecule has 1 saturated heterocycles. The summed E-state index contributed by atoms with van der Waals surface area (Å²) in [7, 11) is 0. The fourth-order valence-electron chi connectivity index (χ4n) is 2.90. The number of likely N-dealkylation sites (tertiary alicyclic amines) is 1. The van der Waals surface area contributed by atoms with Crippen molar-refractivity contribution in [1.82, 2.24) is 4.90 Å². The summed E-state index contributed by atoms with van der Waals surface area (Å²) < 4.78 is 0. The molecule has 0 aromatic carbocycles. The first-order valence-corrected chi connectivity index (χ1v) is 7.98. The highest BCUT2D eigenvalue weighted by Gasteiger charge is 2.33. The smallest absolute Gasteiger partial charge is 0.264 e. The van der Waals surface area contributed by atoms with Crippen LogP contribution in [-0.4, -0.2) is 23.9 Å². The van der Waals surface area contributed by atoms with E-state index in [1.807, 2.05) is 17.9 Å². The van der Waals surface area contributed by atoms with E-state index in [-0.39, 0.29) is 5.91 Å². The number of rotatable bonds is 3. The predicted octanol–water partition coefficient (Wildman–Crippen LogP) is 3.68. The lowest BCUT2D eigenvalue weighted by Crippen LogP contribution is -2.42. The van der Waals surface area contributed by atoms with Gasteiger partial charge in [-0.1, -0.05) is 26.7 Å². The van der Waals surface area contributed by atoms with Crippen LogP contribution in [-0.2, 0) is 0 Å². The van der Waals surface area contributed by atoms with Crippen molar-refractivity contribution in [3.63, 3.8) is 0 Å². The first-order chi connectivity index (χ1) is 9.01. The van der Waals surface area contributed by atoms with Crippen LogP contribution in [0.5, 0.6) is 0 Å². The Morgan fingerprint density at radius 1 is 1.37 bits per heavy atom. The number of carbonyl (C=O) groups excluding carboxylic acids is 1. The van der Waals surface area contributed by atoms with Crippen LogP contribution in [0.1, 0.15) is 54.1 Å². The number of hydrogen-bond acceptors (Lipinski definition) is 3. The maximum Gasteiger partial charge on any atom is 0.264 e. The zero-order chi connectivity index (χ0) is 14.0. The molecule has 0 unspecified atom stereocenters. The molecule has 1 aromatic rings. The van der Waals surface area contributed by atoms with E-state index >= 15 is 0 Å². The Labute approximate surface area is 119 Å². The molecule has 19 heavy (non-hydrogen) atoms. The average molecular weight is 280 g/mol. The van der Waals surface area contributed by atoms with Crippen molar-refractivity contribution in [3.8, 4) is 0 Å². The number of aryl methyl sites for hydroxylation is 1. The van der Waals surface area contributed by atoms with Crippen LogP contribution in [0.15, 0.2) is 6.07 Å². The van der Waals surface area contributed by atoms with Crippen molar-refractivity contribution < 1.29 is 4.79 Å². The van der Waals surface area contributed by atoms with Gasteiger partial charge in [0.25, 0.3) is 5.91 Å². The molecule has 0 atom stereocenters. The predicted molar refractivity (Wildman–Crippen MR) is 81.6 cm³/mol. The molecule has 2 rings (SSSR count). The summed E-state index contributed by atoms with van der Waals surface area (Å²) in [4.78, 5) is 16.3. The third kappa shape index (κ3) is 2.78. The van der Waals surface area contributed by atoms with E-state index in [4.69, 9.17) is 5.73 Å². The third-order valence-electron chi connectivity index (χ3n) is 4.78. The van der Waals surface area contributed by atoms with Crippen LogP contribution >= 0.6 is 11.3 Å². The molecular weight excluding hydrogens is 256 g/mol. The Balaban J connectivity index is 2.03. The molecule has 1 fully saturated rings. The lowest BCUT2D eigenvalue weighted by molar-refractivity contribution is 0.0562. The number of piperidine rings is 1. The summed E-state index contributed by atoms with van der Waals surface area (Å²) in [5.41, 5.74) is 7.03. The molecule has 0 aliphatic carbocycles. The zero-order valence-corrected chi connectivity index (χ0v) is 13.0. The number of nitrogen functional groups attached to an aromatic ring is 1. The number of nitrogens with two attached hydrogens (primary N) is 1. The number of carbonyl (C=O) groups is 1. The van der Waals surface area contributed by atoms with Gasteiger partial charge in [-0.3, -0.25) is 4.79 Å². The van der Waals surface area contributed by atoms with Crippen molar-refractivity contribution in [1.29, 1.82) is 0 Å². The van der Waals surface area contributed by atoms with Gasteiger partial charge < -0.3 is 10.6 Å². The highest BCUT2D eigenvalue weighted by Crippen LogP contribution is 2.38. The second kappa shape index (κ2) is 5.53. The van der Waals surface area contributed by atoms with Crippen molar-refractivity contribution in [2.24, 2.45) is 5.41 Å². The van der Waals surface area contributed by atoms with Gasteiger partial charge in [0.1, 0.15) is 0 Å². The Bertz CT molecular complexity index is 433. The van der Waals surface area contributed by atoms with Gasteiger partial charge in [0.2, 0.25) is 0 Å². The van der Waals surface area contributed by atoms with Crippen LogP contribution in [0.2, 0.25) is 0 Å². The van der Waals surface area contributed by atoms with Crippen molar-refractivity contribution >= 4 is 22.9 Å². The molecule has 2 N–H and O–H groups in total. The lowest BCUT2D eigenvalue weighted by atomic mass is 9.74. The molecule has 1 amide bonds. The maximum atomic E-state index is 12.4. The molecule has 0 bridgehead atoms. The van der Waals surface area contributed by atoms with Gasteiger partial charge in [-0.15, -0.1) is 11.3 Å². The standard InChI is InChI=1S/C15H24N2OS/c1-4-15(5-2)6-8-17(9-7-15)14(18)13-10-12(16)11(3)19-13/h10H,4-9,16H2,1-3H3. The number of anilines is 1. The highest BCUT2D eigenvalue weighted by atomic mass is 32.1. The molecule has 0 radical (unpaired) electrons. The van der Waals surface area contributed by atoms with E-state index in [2.05, 4.69) is 13.8 Å². The van der Waals surface area contributed by atoms with E-state index in [0.29, 0.717) is 5.41 Å². The van der Waals surface area contributed by atoms with Crippen LogP contribution in [0.4, 0.5) is 5.69 Å². The zero-order valence-electron chi connectivity index (χ0n) is 12.2. The highest BCUT2D eigenvalue weighted by molar-refractivity contribution is 7.14. The third-order valence-corrected chi connectivity index (χ3v) is 5.83. The first-order valence-electron chi connectivity index (χ1n) is 7.16. The average Bonchev–Trinajstić information content (AvgIpc) is 2.78. The molecule has 3 nitrogen and oxygen atoms in total. The second-order valence-electron chi connectivity index (χ2n) is 5.62. The normalized spacial score (nSPS) is 18.6. The lowest BCUT2D eigenvalue weighted by Gasteiger charge is -2.40. The van der Waals surface area contributed by atoms with Crippen LogP contribution in [0.3, 0.4) is 0 Å². The molecule has 1 aliphatic rings. The van der Waals surface area contributed by atoms with E-state index in [0.717, 1.165) is 41.4 Å².